The Balaban J connectivity index is 1.74. The fourth-order valence-corrected chi connectivity index (χ4v) is 4.34. The molecule has 2 atom stereocenters. The van der Waals surface area contributed by atoms with Crippen LogP contribution in [0.4, 0.5) is 0 Å². The van der Waals surface area contributed by atoms with Crippen LogP contribution in [0, 0.1) is 0 Å². The van der Waals surface area contributed by atoms with Crippen molar-refractivity contribution in [1.29, 1.82) is 0 Å². The molecule has 0 aromatic heterocycles. The van der Waals surface area contributed by atoms with Crippen LogP contribution in [0.5, 0.6) is 0 Å². The van der Waals surface area contributed by atoms with Gasteiger partial charge in [-0.25, -0.2) is 5.43 Å². The average Bonchev–Trinajstić information content (AvgIpc) is 2.90. The zero-order valence-corrected chi connectivity index (χ0v) is 17.1. The molecule has 6 N–H and O–H groups in total. The largest absolute Gasteiger partial charge is 0.401 e. The van der Waals surface area contributed by atoms with Gasteiger partial charge >= 0.3 is 0 Å². The van der Waals surface area contributed by atoms with Crippen molar-refractivity contribution in [3.63, 3.8) is 0 Å². The van der Waals surface area contributed by atoms with Crippen LogP contribution < -0.4 is 27.1 Å². The molecule has 3 aliphatic rings. The molecule has 0 spiro atoms. The lowest BCUT2D eigenvalue weighted by molar-refractivity contribution is 0.287. The van der Waals surface area contributed by atoms with Crippen molar-refractivity contribution in [2.45, 2.75) is 38.8 Å². The van der Waals surface area contributed by atoms with Crippen LogP contribution >= 0.6 is 0 Å². The van der Waals surface area contributed by atoms with Crippen LogP contribution in [-0.2, 0) is 0 Å². The first-order valence-electron chi connectivity index (χ1n) is 10.3. The Hall–Kier alpha value is -2.44. The van der Waals surface area contributed by atoms with Crippen molar-refractivity contribution in [3.8, 4) is 0 Å². The Morgan fingerprint density at radius 1 is 1.29 bits per heavy atom. The highest BCUT2D eigenvalue weighted by Crippen LogP contribution is 2.34. The Labute approximate surface area is 167 Å². The second-order valence-corrected chi connectivity index (χ2v) is 7.98. The maximum absolute atomic E-state index is 6.23. The number of hydrazine groups is 1. The Bertz CT molecular complexity index is 833. The molecule has 1 aromatic carbocycles. The van der Waals surface area contributed by atoms with Gasteiger partial charge < -0.3 is 21.7 Å². The number of rotatable bonds is 3. The normalized spacial score (nSPS) is 26.6. The third kappa shape index (κ3) is 3.75. The highest BCUT2D eigenvalue weighted by Gasteiger charge is 2.26. The second kappa shape index (κ2) is 7.89. The van der Waals surface area contributed by atoms with Gasteiger partial charge in [-0.3, -0.25) is 5.01 Å². The highest BCUT2D eigenvalue weighted by molar-refractivity contribution is 5.74. The average molecular weight is 381 g/mol. The quantitative estimate of drug-likeness (QED) is 0.552. The summed E-state index contributed by atoms with van der Waals surface area (Å²) < 4.78 is 0. The summed E-state index contributed by atoms with van der Waals surface area (Å²) in [4.78, 5) is 0. The van der Waals surface area contributed by atoms with E-state index in [1.165, 1.54) is 22.3 Å². The summed E-state index contributed by atoms with van der Waals surface area (Å²) in [5, 5.41) is 12.8. The van der Waals surface area contributed by atoms with Crippen LogP contribution in [0.2, 0.25) is 0 Å². The molecular formula is C22H32N6. The predicted octanol–water partition coefficient (Wildman–Crippen LogP) is 2.01. The molecule has 4 rings (SSSR count). The molecule has 2 unspecified atom stereocenters. The Morgan fingerprint density at radius 3 is 2.82 bits per heavy atom. The molecule has 0 amide bonds. The van der Waals surface area contributed by atoms with Crippen LogP contribution in [0.25, 0.3) is 11.3 Å². The molecule has 0 aliphatic carbocycles. The second-order valence-electron chi connectivity index (χ2n) is 7.98. The topological polar surface area (TPSA) is 77.4 Å². The maximum Gasteiger partial charge on any atom is 0.113 e. The Morgan fingerprint density at radius 2 is 2.14 bits per heavy atom. The number of nitrogens with one attached hydrogen (secondary N) is 4. The van der Waals surface area contributed by atoms with E-state index in [-0.39, 0.29) is 6.04 Å². The maximum atomic E-state index is 6.23. The van der Waals surface area contributed by atoms with E-state index in [9.17, 15) is 0 Å². The first-order valence-corrected chi connectivity index (χ1v) is 10.3. The summed E-state index contributed by atoms with van der Waals surface area (Å²) in [6.45, 7) is 7.01. The minimum Gasteiger partial charge on any atom is -0.401 e. The van der Waals surface area contributed by atoms with Crippen molar-refractivity contribution in [1.82, 2.24) is 26.4 Å². The zero-order chi connectivity index (χ0) is 19.7. The third-order valence-electron chi connectivity index (χ3n) is 5.75. The van der Waals surface area contributed by atoms with Gasteiger partial charge in [0.1, 0.15) is 5.82 Å². The van der Waals surface area contributed by atoms with E-state index in [2.05, 4.69) is 70.7 Å². The van der Waals surface area contributed by atoms with E-state index < -0.39 is 0 Å². The first kappa shape index (κ1) is 18.9. The minimum atomic E-state index is 0.224. The lowest BCUT2D eigenvalue weighted by Crippen LogP contribution is -2.37. The molecule has 3 aliphatic heterocycles. The Kier molecular flexibility index (Phi) is 5.33. The predicted molar refractivity (Wildman–Crippen MR) is 116 cm³/mol. The number of nitrogens with two attached hydrogens (primary N) is 1. The summed E-state index contributed by atoms with van der Waals surface area (Å²) in [5.74, 6) is 1.13. The fraction of sp³-hybridized carbons (Fsp3) is 0.455. The summed E-state index contributed by atoms with van der Waals surface area (Å²) in [5.41, 5.74) is 16.8. The fourth-order valence-electron chi connectivity index (χ4n) is 4.34. The van der Waals surface area contributed by atoms with Gasteiger partial charge in [0, 0.05) is 37.4 Å². The molecule has 3 heterocycles. The van der Waals surface area contributed by atoms with Gasteiger partial charge in [-0.15, -0.1) is 0 Å². The van der Waals surface area contributed by atoms with Gasteiger partial charge in [-0.05, 0) is 62.1 Å². The number of benzene rings is 1. The molecule has 0 bridgehead atoms. The third-order valence-corrected chi connectivity index (χ3v) is 5.75. The number of allylic oxidation sites excluding steroid dienone is 1. The van der Waals surface area contributed by atoms with Gasteiger partial charge in [0.05, 0.1) is 11.7 Å². The van der Waals surface area contributed by atoms with E-state index in [1.807, 2.05) is 6.92 Å². The summed E-state index contributed by atoms with van der Waals surface area (Å²) in [7, 11) is 2.06. The van der Waals surface area contributed by atoms with Gasteiger partial charge in [0.15, 0.2) is 0 Å². The molecule has 6 heteroatoms. The SMILES string of the molecule is C/C(N)=C1/NCCC(NC2=CC(C)NN2C)c2cc(C3=CCNCC3)ccc21. The van der Waals surface area contributed by atoms with E-state index >= 15 is 0 Å². The summed E-state index contributed by atoms with van der Waals surface area (Å²) >= 11 is 0. The van der Waals surface area contributed by atoms with Gasteiger partial charge in [0.25, 0.3) is 0 Å². The van der Waals surface area contributed by atoms with Crippen molar-refractivity contribution in [2.24, 2.45) is 5.73 Å². The van der Waals surface area contributed by atoms with Gasteiger partial charge in [0.2, 0.25) is 0 Å². The van der Waals surface area contributed by atoms with E-state index in [4.69, 9.17) is 5.73 Å². The molecule has 1 aromatic rings. The minimum absolute atomic E-state index is 0.224. The number of nitrogens with zero attached hydrogens (tertiary/aromatic N) is 1. The van der Waals surface area contributed by atoms with E-state index in [1.54, 1.807) is 0 Å². The van der Waals surface area contributed by atoms with Crippen molar-refractivity contribution < 1.29 is 0 Å². The lowest BCUT2D eigenvalue weighted by atomic mass is 9.91. The van der Waals surface area contributed by atoms with Crippen LogP contribution in [0.15, 0.2) is 41.9 Å². The lowest BCUT2D eigenvalue weighted by Gasteiger charge is -2.26. The summed E-state index contributed by atoms with van der Waals surface area (Å²) in [6.07, 6.45) is 6.62. The zero-order valence-electron chi connectivity index (χ0n) is 17.1. The molecule has 6 nitrogen and oxygen atoms in total. The van der Waals surface area contributed by atoms with Crippen LogP contribution in [0.3, 0.4) is 0 Å². The molecule has 28 heavy (non-hydrogen) atoms. The van der Waals surface area contributed by atoms with Gasteiger partial charge in [-0.1, -0.05) is 18.2 Å². The van der Waals surface area contributed by atoms with Crippen molar-refractivity contribution in [2.75, 3.05) is 26.7 Å². The van der Waals surface area contributed by atoms with Crippen molar-refractivity contribution >= 4 is 11.3 Å². The number of hydrogen-bond acceptors (Lipinski definition) is 6. The van der Waals surface area contributed by atoms with E-state index in [0.29, 0.717) is 6.04 Å². The molecular weight excluding hydrogens is 348 g/mol. The first-order chi connectivity index (χ1) is 13.5. The smallest absolute Gasteiger partial charge is 0.113 e. The molecule has 0 radical (unpaired) electrons. The van der Waals surface area contributed by atoms with E-state index in [0.717, 1.165) is 49.7 Å². The van der Waals surface area contributed by atoms with Crippen LogP contribution in [-0.4, -0.2) is 37.7 Å². The van der Waals surface area contributed by atoms with Crippen molar-refractivity contribution in [3.05, 3.63) is 58.6 Å². The molecule has 0 saturated carbocycles. The number of hydrogen-bond donors (Lipinski definition) is 5. The standard InChI is InChI=1S/C22H32N6/c1-14-12-21(28(3)27-14)26-20-8-11-25-22(15(2)23)18-5-4-17(13-19(18)20)16-6-9-24-10-7-16/h4-6,12-14,20,24-27H,7-11,23H2,1-3H3/b22-15-. The monoisotopic (exact) mass is 380 g/mol. The summed E-state index contributed by atoms with van der Waals surface area (Å²) in [6, 6.07) is 7.41. The molecule has 0 saturated heterocycles. The molecule has 0 fully saturated rings. The number of fused-ring (bicyclic) bond motifs is 1. The highest BCUT2D eigenvalue weighted by atomic mass is 15.6. The van der Waals surface area contributed by atoms with Gasteiger partial charge in [-0.2, -0.15) is 0 Å². The molecule has 150 valence electrons. The van der Waals surface area contributed by atoms with Crippen LogP contribution in [0.1, 0.15) is 49.4 Å².